The Kier molecular flexibility index (Phi) is 3.42. The highest BCUT2D eigenvalue weighted by Gasteiger charge is 2.38. The van der Waals surface area contributed by atoms with Gasteiger partial charge in [0.25, 0.3) is 0 Å². The lowest BCUT2D eigenvalue weighted by atomic mass is 9.93. The van der Waals surface area contributed by atoms with Crippen molar-refractivity contribution in [2.24, 2.45) is 0 Å². The molecular weight excluding hydrogens is 329 g/mol. The van der Waals surface area contributed by atoms with Gasteiger partial charge >= 0.3 is 6.18 Å². The lowest BCUT2D eigenvalue weighted by Gasteiger charge is -2.16. The van der Waals surface area contributed by atoms with Gasteiger partial charge < -0.3 is 9.47 Å². The summed E-state index contributed by atoms with van der Waals surface area (Å²) in [5.41, 5.74) is 2.06. The highest BCUT2D eigenvalue weighted by molar-refractivity contribution is 5.96. The molecule has 0 unspecified atom stereocenters. The van der Waals surface area contributed by atoms with Crippen LogP contribution >= 0.6 is 0 Å². The van der Waals surface area contributed by atoms with Crippen LogP contribution in [0.2, 0.25) is 0 Å². The van der Waals surface area contributed by atoms with Gasteiger partial charge in [0.05, 0.1) is 19.8 Å². The van der Waals surface area contributed by atoms with Gasteiger partial charge in [0.1, 0.15) is 11.5 Å². The Labute approximate surface area is 142 Å². The van der Waals surface area contributed by atoms with Crippen molar-refractivity contribution in [1.82, 2.24) is 0 Å². The minimum absolute atomic E-state index is 0.172. The van der Waals surface area contributed by atoms with E-state index >= 15 is 0 Å². The van der Waals surface area contributed by atoms with Crippen LogP contribution in [0.5, 0.6) is 11.5 Å². The van der Waals surface area contributed by atoms with Gasteiger partial charge in [0.15, 0.2) is 0 Å². The zero-order chi connectivity index (χ0) is 17.8. The maximum absolute atomic E-state index is 13.9. The molecular formula is C20H15F3O2. The van der Waals surface area contributed by atoms with E-state index in [2.05, 4.69) is 0 Å². The standard InChI is InChI=1S/C20H15F3O2/c1-24-13-5-6-15-12(7-13)9-18-17(15)8-11-3-4-14(25-2)10-16(11)19(18)20(21,22)23/h3-8,10H,9H2,1-2H3. The Morgan fingerprint density at radius 3 is 2.20 bits per heavy atom. The van der Waals surface area contributed by atoms with E-state index in [0.29, 0.717) is 28.0 Å². The molecule has 3 aromatic carbocycles. The second-order valence-electron chi connectivity index (χ2n) is 6.06. The molecule has 0 bridgehead atoms. The number of hydrogen-bond acceptors (Lipinski definition) is 2. The highest BCUT2D eigenvalue weighted by Crippen LogP contribution is 2.48. The van der Waals surface area contributed by atoms with Crippen LogP contribution in [0.25, 0.3) is 21.9 Å². The fraction of sp³-hybridized carbons (Fsp3) is 0.200. The average Bonchev–Trinajstić information content (AvgIpc) is 2.94. The third-order valence-corrected chi connectivity index (χ3v) is 4.71. The molecule has 0 radical (unpaired) electrons. The second-order valence-corrected chi connectivity index (χ2v) is 6.06. The number of halogens is 3. The predicted octanol–water partition coefficient (Wildman–Crippen LogP) is 5.45. The van der Waals surface area contributed by atoms with Crippen LogP contribution < -0.4 is 9.47 Å². The summed E-state index contributed by atoms with van der Waals surface area (Å²) in [6.07, 6.45) is -4.20. The second kappa shape index (κ2) is 5.41. The van der Waals surface area contributed by atoms with Crippen molar-refractivity contribution in [3.8, 4) is 22.6 Å². The van der Waals surface area contributed by atoms with Gasteiger partial charge in [-0.05, 0) is 69.8 Å². The van der Waals surface area contributed by atoms with Gasteiger partial charge in [-0.1, -0.05) is 12.1 Å². The van der Waals surface area contributed by atoms with Crippen molar-refractivity contribution >= 4 is 10.8 Å². The van der Waals surface area contributed by atoms with Gasteiger partial charge in [-0.25, -0.2) is 0 Å². The van der Waals surface area contributed by atoms with Gasteiger partial charge in [0.2, 0.25) is 0 Å². The summed E-state index contributed by atoms with van der Waals surface area (Å²) in [7, 11) is 3.00. The molecule has 0 saturated heterocycles. The third-order valence-electron chi connectivity index (χ3n) is 4.71. The minimum atomic E-state index is -4.44. The Balaban J connectivity index is 2.05. The van der Waals surface area contributed by atoms with Crippen molar-refractivity contribution < 1.29 is 22.6 Å². The molecule has 0 fully saturated rings. The smallest absolute Gasteiger partial charge is 0.417 e. The maximum atomic E-state index is 13.9. The van der Waals surface area contributed by atoms with E-state index in [1.54, 1.807) is 31.4 Å². The lowest BCUT2D eigenvalue weighted by Crippen LogP contribution is -2.10. The molecule has 5 heteroatoms. The molecule has 1 aliphatic rings. The SMILES string of the molecule is COc1ccc2c(c1)Cc1c-2cc2ccc(OC)cc2c1C(F)(F)F. The fourth-order valence-electron chi connectivity index (χ4n) is 3.59. The van der Waals surface area contributed by atoms with E-state index in [1.807, 2.05) is 12.1 Å². The first-order valence-electron chi connectivity index (χ1n) is 7.80. The van der Waals surface area contributed by atoms with Crippen molar-refractivity contribution in [3.05, 3.63) is 59.2 Å². The van der Waals surface area contributed by atoms with Crippen LogP contribution in [0.15, 0.2) is 42.5 Å². The highest BCUT2D eigenvalue weighted by atomic mass is 19.4. The summed E-state index contributed by atoms with van der Waals surface area (Å²) in [5.74, 6) is 1.06. The lowest BCUT2D eigenvalue weighted by molar-refractivity contribution is -0.136. The Bertz CT molecular complexity index is 990. The molecule has 128 valence electrons. The molecule has 0 aliphatic heterocycles. The molecule has 0 spiro atoms. The number of hydrogen-bond donors (Lipinski definition) is 0. The van der Waals surface area contributed by atoms with Crippen LogP contribution in [0.3, 0.4) is 0 Å². The molecule has 3 aromatic rings. The zero-order valence-electron chi connectivity index (χ0n) is 13.7. The van der Waals surface area contributed by atoms with Crippen LogP contribution in [-0.4, -0.2) is 14.2 Å². The molecule has 25 heavy (non-hydrogen) atoms. The molecule has 2 nitrogen and oxygen atoms in total. The Morgan fingerprint density at radius 2 is 1.52 bits per heavy atom. The van der Waals surface area contributed by atoms with Crippen LogP contribution in [0, 0.1) is 0 Å². The number of ether oxygens (including phenoxy) is 2. The zero-order valence-corrected chi connectivity index (χ0v) is 13.7. The number of rotatable bonds is 2. The predicted molar refractivity (Wildman–Crippen MR) is 90.3 cm³/mol. The van der Waals surface area contributed by atoms with Gasteiger partial charge in [0, 0.05) is 0 Å². The fourth-order valence-corrected chi connectivity index (χ4v) is 3.59. The number of benzene rings is 3. The van der Waals surface area contributed by atoms with E-state index in [0.717, 1.165) is 11.1 Å². The summed E-state index contributed by atoms with van der Waals surface area (Å²) < 4.78 is 52.1. The van der Waals surface area contributed by atoms with E-state index in [4.69, 9.17) is 9.47 Å². The quantitative estimate of drug-likeness (QED) is 0.482. The van der Waals surface area contributed by atoms with Crippen LogP contribution in [0.4, 0.5) is 13.2 Å². The van der Waals surface area contributed by atoms with Crippen molar-refractivity contribution in [3.63, 3.8) is 0 Å². The van der Waals surface area contributed by atoms with E-state index in [9.17, 15) is 13.2 Å². The van der Waals surface area contributed by atoms with Crippen molar-refractivity contribution in [1.29, 1.82) is 0 Å². The van der Waals surface area contributed by atoms with Gasteiger partial charge in [-0.2, -0.15) is 13.2 Å². The monoisotopic (exact) mass is 344 g/mol. The Morgan fingerprint density at radius 1 is 0.840 bits per heavy atom. The summed E-state index contributed by atoms with van der Waals surface area (Å²) in [4.78, 5) is 0. The molecule has 0 amide bonds. The molecule has 0 N–H and O–H groups in total. The third kappa shape index (κ3) is 2.42. The first-order chi connectivity index (χ1) is 11.9. The van der Waals surface area contributed by atoms with E-state index in [1.165, 1.54) is 13.2 Å². The normalized spacial score (nSPS) is 12.8. The maximum Gasteiger partial charge on any atom is 0.417 e. The molecule has 0 aromatic heterocycles. The largest absolute Gasteiger partial charge is 0.497 e. The molecule has 1 aliphatic carbocycles. The van der Waals surface area contributed by atoms with Crippen LogP contribution in [-0.2, 0) is 12.6 Å². The van der Waals surface area contributed by atoms with Gasteiger partial charge in [-0.15, -0.1) is 0 Å². The number of alkyl halides is 3. The van der Waals surface area contributed by atoms with Crippen molar-refractivity contribution in [2.45, 2.75) is 12.6 Å². The van der Waals surface area contributed by atoms with E-state index in [-0.39, 0.29) is 11.8 Å². The first-order valence-corrected chi connectivity index (χ1v) is 7.80. The number of methoxy groups -OCH3 is 2. The summed E-state index contributed by atoms with van der Waals surface area (Å²) in [5, 5.41) is 0.723. The molecule has 0 saturated carbocycles. The molecule has 0 heterocycles. The van der Waals surface area contributed by atoms with Crippen LogP contribution in [0.1, 0.15) is 16.7 Å². The summed E-state index contributed by atoms with van der Waals surface area (Å²) in [6, 6.07) is 12.1. The van der Waals surface area contributed by atoms with Gasteiger partial charge in [-0.3, -0.25) is 0 Å². The summed E-state index contributed by atoms with van der Waals surface area (Å²) in [6.45, 7) is 0. The van der Waals surface area contributed by atoms with E-state index < -0.39 is 11.7 Å². The minimum Gasteiger partial charge on any atom is -0.497 e. The molecule has 4 rings (SSSR count). The number of fused-ring (bicyclic) bond motifs is 4. The van der Waals surface area contributed by atoms with Crippen molar-refractivity contribution in [2.75, 3.05) is 14.2 Å². The average molecular weight is 344 g/mol. The first kappa shape index (κ1) is 15.8. The summed E-state index contributed by atoms with van der Waals surface area (Å²) >= 11 is 0. The topological polar surface area (TPSA) is 18.5 Å². The Hall–Kier alpha value is -2.69. The molecule has 0 atom stereocenters.